The van der Waals surface area contributed by atoms with Crippen molar-refractivity contribution in [3.8, 4) is 22.4 Å². The first-order chi connectivity index (χ1) is 13.6. The maximum atomic E-state index is 13.4. The molecule has 0 N–H and O–H groups in total. The summed E-state index contributed by atoms with van der Waals surface area (Å²) in [6.45, 7) is 0. The van der Waals surface area contributed by atoms with Crippen molar-refractivity contribution in [2.75, 3.05) is 0 Å². The maximum Gasteiger partial charge on any atom is 0.270 e. The predicted molar refractivity (Wildman–Crippen MR) is 109 cm³/mol. The number of rotatable bonds is 4. The zero-order valence-corrected chi connectivity index (χ0v) is 15.4. The van der Waals surface area contributed by atoms with Crippen molar-refractivity contribution in [1.29, 1.82) is 0 Å². The fourth-order valence-corrected chi connectivity index (χ4v) is 3.58. The summed E-state index contributed by atoms with van der Waals surface area (Å²) in [4.78, 5) is 15.6. The van der Waals surface area contributed by atoms with Gasteiger partial charge in [0.2, 0.25) is 0 Å². The van der Waals surface area contributed by atoms with Crippen LogP contribution < -0.4 is 0 Å². The molecule has 1 aromatic heterocycles. The monoisotopic (exact) mass is 392 g/mol. The Hall–Kier alpha value is -3.31. The first kappa shape index (κ1) is 18.1. The molecule has 4 rings (SSSR count). The Balaban J connectivity index is 2.11. The molecule has 0 aliphatic carbocycles. The number of nitrogens with zero attached hydrogens (tertiary/aromatic N) is 2. The van der Waals surface area contributed by atoms with Crippen LogP contribution in [-0.2, 0) is 5.88 Å². The summed E-state index contributed by atoms with van der Waals surface area (Å²) in [5.41, 5.74) is 4.38. The van der Waals surface area contributed by atoms with Crippen molar-refractivity contribution in [3.63, 3.8) is 0 Å². The largest absolute Gasteiger partial charge is 0.270 e. The second-order valence-corrected chi connectivity index (χ2v) is 6.55. The molecule has 4 nitrogen and oxygen atoms in total. The summed E-state index contributed by atoms with van der Waals surface area (Å²) in [7, 11) is 0. The molecule has 0 saturated carbocycles. The van der Waals surface area contributed by atoms with Crippen molar-refractivity contribution in [1.82, 2.24) is 4.98 Å². The van der Waals surface area contributed by atoms with Crippen molar-refractivity contribution < 1.29 is 9.31 Å². The Labute approximate surface area is 165 Å². The number of non-ortho nitro benzene ring substituents is 1. The third-order valence-corrected chi connectivity index (χ3v) is 4.86. The minimum absolute atomic E-state index is 0.0125. The van der Waals surface area contributed by atoms with Crippen LogP contribution in [0.5, 0.6) is 0 Å². The first-order valence-electron chi connectivity index (χ1n) is 8.57. The molecule has 0 amide bonds. The molecule has 6 heteroatoms. The van der Waals surface area contributed by atoms with Gasteiger partial charge in [0, 0.05) is 28.6 Å². The molecular formula is C22H14ClFN2O2. The van der Waals surface area contributed by atoms with Gasteiger partial charge in [0.15, 0.2) is 0 Å². The molecule has 0 radical (unpaired) electrons. The fourth-order valence-electron chi connectivity index (χ4n) is 3.32. The van der Waals surface area contributed by atoms with Crippen LogP contribution in [-0.4, -0.2) is 9.91 Å². The lowest BCUT2D eigenvalue weighted by Crippen LogP contribution is -1.99. The van der Waals surface area contributed by atoms with Gasteiger partial charge in [0.05, 0.1) is 22.0 Å². The molecule has 0 saturated heterocycles. The molecule has 3 aromatic carbocycles. The van der Waals surface area contributed by atoms with Gasteiger partial charge < -0.3 is 0 Å². The number of alkyl halides is 1. The number of fused-ring (bicyclic) bond motifs is 1. The highest BCUT2D eigenvalue weighted by Crippen LogP contribution is 2.39. The summed E-state index contributed by atoms with van der Waals surface area (Å²) < 4.78 is 13.4. The van der Waals surface area contributed by atoms with Gasteiger partial charge in [-0.15, -0.1) is 11.6 Å². The summed E-state index contributed by atoms with van der Waals surface area (Å²) in [5.74, 6) is -0.182. The van der Waals surface area contributed by atoms with E-state index in [4.69, 9.17) is 16.6 Å². The highest BCUT2D eigenvalue weighted by molar-refractivity contribution is 6.18. The second kappa shape index (κ2) is 7.37. The minimum Gasteiger partial charge on any atom is -0.258 e. The van der Waals surface area contributed by atoms with Gasteiger partial charge in [-0.1, -0.05) is 30.3 Å². The number of hydrogen-bond donors (Lipinski definition) is 0. The molecule has 0 atom stereocenters. The van der Waals surface area contributed by atoms with Gasteiger partial charge in [0.25, 0.3) is 5.69 Å². The van der Waals surface area contributed by atoms with Gasteiger partial charge in [-0.05, 0) is 41.5 Å². The lowest BCUT2D eigenvalue weighted by molar-refractivity contribution is -0.384. The molecule has 0 aliphatic rings. The topological polar surface area (TPSA) is 56.0 Å². The van der Waals surface area contributed by atoms with Gasteiger partial charge in [0.1, 0.15) is 5.82 Å². The van der Waals surface area contributed by atoms with Crippen molar-refractivity contribution >= 4 is 28.2 Å². The van der Waals surface area contributed by atoms with Crippen molar-refractivity contribution in [2.45, 2.75) is 5.88 Å². The standard InChI is InChI=1S/C22H14ClFN2O2/c23-13-19-21(14-4-2-1-3-5-14)18-12-17(26(27)28)10-11-20(18)25-22(19)15-6-8-16(24)9-7-15/h1-12H,13H2. The Bertz CT molecular complexity index is 1180. The van der Waals surface area contributed by atoms with Crippen LogP contribution in [0.2, 0.25) is 0 Å². The normalized spacial score (nSPS) is 10.9. The zero-order chi connectivity index (χ0) is 19.7. The number of nitro groups is 1. The maximum absolute atomic E-state index is 13.4. The van der Waals surface area contributed by atoms with E-state index in [2.05, 4.69) is 0 Å². The summed E-state index contributed by atoms with van der Waals surface area (Å²) in [6, 6.07) is 20.2. The third kappa shape index (κ3) is 3.21. The van der Waals surface area contributed by atoms with E-state index in [1.807, 2.05) is 30.3 Å². The van der Waals surface area contributed by atoms with Crippen LogP contribution in [0.4, 0.5) is 10.1 Å². The van der Waals surface area contributed by atoms with Crippen LogP contribution in [0.1, 0.15) is 5.56 Å². The Kier molecular flexibility index (Phi) is 4.75. The first-order valence-corrected chi connectivity index (χ1v) is 9.10. The molecule has 0 spiro atoms. The van der Waals surface area contributed by atoms with E-state index in [1.165, 1.54) is 24.3 Å². The molecule has 138 valence electrons. The molecule has 0 bridgehead atoms. The molecule has 0 aliphatic heterocycles. The summed E-state index contributed by atoms with van der Waals surface area (Å²) >= 11 is 6.32. The lowest BCUT2D eigenvalue weighted by atomic mass is 9.92. The van der Waals surface area contributed by atoms with Crippen LogP contribution in [0, 0.1) is 15.9 Å². The van der Waals surface area contributed by atoms with Crippen molar-refractivity contribution in [3.05, 3.63) is 94.3 Å². The van der Waals surface area contributed by atoms with E-state index in [1.54, 1.807) is 18.2 Å². The number of benzene rings is 3. The Morgan fingerprint density at radius 1 is 0.964 bits per heavy atom. The molecule has 1 heterocycles. The number of hydrogen-bond acceptors (Lipinski definition) is 3. The van der Waals surface area contributed by atoms with Crippen LogP contribution in [0.25, 0.3) is 33.3 Å². The van der Waals surface area contributed by atoms with E-state index in [0.29, 0.717) is 16.6 Å². The van der Waals surface area contributed by atoms with E-state index in [9.17, 15) is 14.5 Å². The second-order valence-electron chi connectivity index (χ2n) is 6.28. The fraction of sp³-hybridized carbons (Fsp3) is 0.0455. The number of nitro benzene ring substituents is 1. The van der Waals surface area contributed by atoms with Gasteiger partial charge in [-0.3, -0.25) is 10.1 Å². The highest BCUT2D eigenvalue weighted by Gasteiger charge is 2.19. The molecule has 4 aromatic rings. The third-order valence-electron chi connectivity index (χ3n) is 4.59. The van der Waals surface area contributed by atoms with Gasteiger partial charge in [-0.25, -0.2) is 9.37 Å². The molecule has 28 heavy (non-hydrogen) atoms. The molecule has 0 unspecified atom stereocenters. The van der Waals surface area contributed by atoms with E-state index >= 15 is 0 Å². The quantitative estimate of drug-likeness (QED) is 0.231. The zero-order valence-electron chi connectivity index (χ0n) is 14.6. The van der Waals surface area contributed by atoms with Crippen LogP contribution >= 0.6 is 11.6 Å². The average molecular weight is 393 g/mol. The number of aromatic nitrogens is 1. The lowest BCUT2D eigenvalue weighted by Gasteiger charge is -2.16. The summed E-state index contributed by atoms with van der Waals surface area (Å²) in [6.07, 6.45) is 0. The number of pyridine rings is 1. The van der Waals surface area contributed by atoms with Crippen LogP contribution in [0.15, 0.2) is 72.8 Å². The Morgan fingerprint density at radius 2 is 1.68 bits per heavy atom. The average Bonchev–Trinajstić information content (AvgIpc) is 2.73. The Morgan fingerprint density at radius 3 is 2.32 bits per heavy atom. The van der Waals surface area contributed by atoms with Gasteiger partial charge in [-0.2, -0.15) is 0 Å². The van der Waals surface area contributed by atoms with E-state index < -0.39 is 4.92 Å². The predicted octanol–water partition coefficient (Wildman–Crippen LogP) is 6.35. The molecular weight excluding hydrogens is 379 g/mol. The van der Waals surface area contributed by atoms with Crippen LogP contribution in [0.3, 0.4) is 0 Å². The van der Waals surface area contributed by atoms with Crippen molar-refractivity contribution in [2.24, 2.45) is 0 Å². The van der Waals surface area contributed by atoms with E-state index in [0.717, 1.165) is 22.3 Å². The van der Waals surface area contributed by atoms with Gasteiger partial charge >= 0.3 is 0 Å². The van der Waals surface area contributed by atoms with E-state index in [-0.39, 0.29) is 17.4 Å². The smallest absolute Gasteiger partial charge is 0.258 e. The SMILES string of the molecule is O=[N+]([O-])c1ccc2nc(-c3ccc(F)cc3)c(CCl)c(-c3ccccc3)c2c1. The minimum atomic E-state index is -0.428. The number of halogens is 2. The highest BCUT2D eigenvalue weighted by atomic mass is 35.5. The summed E-state index contributed by atoms with van der Waals surface area (Å²) in [5, 5.41) is 11.9. The molecule has 0 fully saturated rings.